The number of imidazole rings is 1. The minimum absolute atomic E-state index is 0.180. The second kappa shape index (κ2) is 7.78. The van der Waals surface area contributed by atoms with Gasteiger partial charge in [-0.15, -0.1) is 0 Å². The third kappa shape index (κ3) is 3.64. The zero-order valence-electron chi connectivity index (χ0n) is 17.8. The van der Waals surface area contributed by atoms with Gasteiger partial charge in [0.05, 0.1) is 25.1 Å². The van der Waals surface area contributed by atoms with E-state index in [2.05, 4.69) is 20.2 Å². The van der Waals surface area contributed by atoms with Gasteiger partial charge in [0.25, 0.3) is 0 Å². The van der Waals surface area contributed by atoms with E-state index in [1.807, 2.05) is 11.1 Å². The minimum Gasteiger partial charge on any atom is -0.378 e. The van der Waals surface area contributed by atoms with Crippen LogP contribution < -0.4 is 10.2 Å². The van der Waals surface area contributed by atoms with Crippen molar-refractivity contribution in [2.75, 3.05) is 43.1 Å². The van der Waals surface area contributed by atoms with Crippen molar-refractivity contribution in [1.82, 2.24) is 24.8 Å². The Balaban J connectivity index is 1.27. The van der Waals surface area contributed by atoms with E-state index in [1.165, 1.54) is 24.1 Å². The molecular formula is C22H29N7O2. The smallest absolute Gasteiger partial charge is 0.245 e. The average Bonchev–Trinajstić information content (AvgIpc) is 3.20. The van der Waals surface area contributed by atoms with E-state index >= 15 is 0 Å². The highest BCUT2D eigenvalue weighted by Crippen LogP contribution is 2.39. The largest absolute Gasteiger partial charge is 0.378 e. The molecule has 6 rings (SSSR count). The number of ether oxygens (including phenoxy) is 1. The Labute approximate surface area is 181 Å². The lowest BCUT2D eigenvalue weighted by Crippen LogP contribution is -2.50. The maximum absolute atomic E-state index is 13.2. The molecule has 0 spiro atoms. The molecule has 2 saturated heterocycles. The quantitative estimate of drug-likeness (QED) is 0.760. The number of aromatic amines is 1. The molecule has 2 N–H and O–H groups in total. The normalized spacial score (nSPS) is 23.3. The van der Waals surface area contributed by atoms with Gasteiger partial charge in [-0.3, -0.25) is 4.79 Å². The number of aromatic nitrogens is 4. The molecule has 0 unspecified atom stereocenters. The fourth-order valence-corrected chi connectivity index (χ4v) is 5.02. The van der Waals surface area contributed by atoms with Crippen molar-refractivity contribution in [3.8, 4) is 0 Å². The number of amides is 1. The number of carbonyl (C=O) groups is 1. The molecule has 0 radical (unpaired) electrons. The van der Waals surface area contributed by atoms with Crippen LogP contribution in [-0.4, -0.2) is 69.6 Å². The lowest BCUT2D eigenvalue weighted by atomic mass is 10.2. The first-order valence-electron chi connectivity index (χ1n) is 11.6. The van der Waals surface area contributed by atoms with E-state index in [1.54, 1.807) is 0 Å². The predicted octanol–water partition coefficient (Wildman–Crippen LogP) is 2.14. The summed E-state index contributed by atoms with van der Waals surface area (Å²) in [6.45, 7) is 3.39. The molecule has 9 nitrogen and oxygen atoms in total. The van der Waals surface area contributed by atoms with Crippen molar-refractivity contribution in [3.05, 3.63) is 23.1 Å². The van der Waals surface area contributed by atoms with Crippen LogP contribution in [0.1, 0.15) is 55.0 Å². The maximum Gasteiger partial charge on any atom is 0.245 e. The second-order valence-electron chi connectivity index (χ2n) is 9.03. The summed E-state index contributed by atoms with van der Waals surface area (Å²) in [5, 5.41) is 3.42. The Morgan fingerprint density at radius 2 is 1.97 bits per heavy atom. The van der Waals surface area contributed by atoms with Crippen LogP contribution in [0.4, 0.5) is 17.7 Å². The Hall–Kier alpha value is -2.68. The first kappa shape index (κ1) is 19.0. The number of morpholine rings is 1. The molecule has 9 heteroatoms. The van der Waals surface area contributed by atoms with Gasteiger partial charge >= 0.3 is 0 Å². The summed E-state index contributed by atoms with van der Waals surface area (Å²) in [7, 11) is 0. The highest BCUT2D eigenvalue weighted by molar-refractivity contribution is 5.85. The molecule has 0 aromatic carbocycles. The van der Waals surface area contributed by atoms with E-state index in [9.17, 15) is 4.79 Å². The second-order valence-corrected chi connectivity index (χ2v) is 9.03. The third-order valence-electron chi connectivity index (χ3n) is 6.89. The molecule has 2 aliphatic carbocycles. The van der Waals surface area contributed by atoms with Gasteiger partial charge in [-0.05, 0) is 44.9 Å². The average molecular weight is 424 g/mol. The number of hydrogen-bond donors (Lipinski definition) is 2. The third-order valence-corrected chi connectivity index (χ3v) is 6.89. The number of hydrogen-bond acceptors (Lipinski definition) is 7. The van der Waals surface area contributed by atoms with Gasteiger partial charge in [-0.1, -0.05) is 0 Å². The molecule has 1 saturated carbocycles. The van der Waals surface area contributed by atoms with Crippen molar-refractivity contribution in [2.45, 2.75) is 56.9 Å². The Morgan fingerprint density at radius 1 is 1.10 bits per heavy atom. The molecule has 0 bridgehead atoms. The molecule has 1 atom stereocenters. The van der Waals surface area contributed by atoms with Gasteiger partial charge in [-0.2, -0.15) is 4.98 Å². The number of rotatable bonds is 5. The topological polar surface area (TPSA) is 99.3 Å². The summed E-state index contributed by atoms with van der Waals surface area (Å²) in [6.07, 6.45) is 9.26. The summed E-state index contributed by atoms with van der Waals surface area (Å²) < 4.78 is 5.42. The van der Waals surface area contributed by atoms with Crippen LogP contribution in [0.3, 0.4) is 0 Å². The molecule has 2 aromatic rings. The molecule has 164 valence electrons. The Kier molecular flexibility index (Phi) is 4.78. The molecule has 31 heavy (non-hydrogen) atoms. The molecule has 1 amide bonds. The summed E-state index contributed by atoms with van der Waals surface area (Å²) in [5.41, 5.74) is 3.48. The van der Waals surface area contributed by atoms with Crippen LogP contribution >= 0.6 is 0 Å². The van der Waals surface area contributed by atoms with Gasteiger partial charge in [0.15, 0.2) is 0 Å². The van der Waals surface area contributed by atoms with Crippen LogP contribution in [0.25, 0.3) is 0 Å². The zero-order chi connectivity index (χ0) is 20.8. The van der Waals surface area contributed by atoms with Crippen LogP contribution in [0, 0.1) is 0 Å². The summed E-state index contributed by atoms with van der Waals surface area (Å²) in [5.74, 6) is 3.05. The SMILES string of the molecule is O=C([C@@H]1CCCN1c1nc2c(c(Nc3ncc(C4CC4)[nH]3)n1)CCC2)N1CCOCC1. The lowest BCUT2D eigenvalue weighted by molar-refractivity contribution is -0.136. The van der Waals surface area contributed by atoms with Gasteiger partial charge < -0.3 is 24.8 Å². The number of nitrogens with one attached hydrogen (secondary N) is 2. The summed E-state index contributed by atoms with van der Waals surface area (Å²) >= 11 is 0. The van der Waals surface area contributed by atoms with Crippen molar-refractivity contribution < 1.29 is 9.53 Å². The highest BCUT2D eigenvalue weighted by Gasteiger charge is 2.36. The van der Waals surface area contributed by atoms with Crippen molar-refractivity contribution in [1.29, 1.82) is 0 Å². The van der Waals surface area contributed by atoms with Crippen LogP contribution in [0.2, 0.25) is 0 Å². The van der Waals surface area contributed by atoms with Crippen LogP contribution in [-0.2, 0) is 22.4 Å². The Bertz CT molecular complexity index is 980. The fourth-order valence-electron chi connectivity index (χ4n) is 5.02. The number of carbonyl (C=O) groups excluding carboxylic acids is 1. The molecule has 4 aliphatic rings. The van der Waals surface area contributed by atoms with Crippen LogP contribution in [0.15, 0.2) is 6.20 Å². The van der Waals surface area contributed by atoms with Crippen molar-refractivity contribution in [2.24, 2.45) is 0 Å². The molecule has 2 aliphatic heterocycles. The molecule has 4 heterocycles. The fraction of sp³-hybridized carbons (Fsp3) is 0.636. The minimum atomic E-state index is -0.185. The van der Waals surface area contributed by atoms with E-state index in [4.69, 9.17) is 14.7 Å². The zero-order valence-corrected chi connectivity index (χ0v) is 17.8. The van der Waals surface area contributed by atoms with Gasteiger partial charge in [0, 0.05) is 36.8 Å². The first-order valence-corrected chi connectivity index (χ1v) is 11.6. The number of anilines is 3. The van der Waals surface area contributed by atoms with Crippen molar-refractivity contribution >= 4 is 23.6 Å². The summed E-state index contributed by atoms with van der Waals surface area (Å²) in [6, 6.07) is -0.185. The van der Waals surface area contributed by atoms with Gasteiger partial charge in [0.2, 0.25) is 17.8 Å². The number of aryl methyl sites for hydroxylation is 1. The number of fused-ring (bicyclic) bond motifs is 1. The maximum atomic E-state index is 13.2. The predicted molar refractivity (Wildman–Crippen MR) is 116 cm³/mol. The van der Waals surface area contributed by atoms with Gasteiger partial charge in [-0.25, -0.2) is 9.97 Å². The molecule has 2 aromatic heterocycles. The summed E-state index contributed by atoms with van der Waals surface area (Å²) in [4.78, 5) is 35.0. The monoisotopic (exact) mass is 423 g/mol. The van der Waals surface area contributed by atoms with E-state index in [0.29, 0.717) is 38.2 Å². The lowest BCUT2D eigenvalue weighted by Gasteiger charge is -2.32. The molecule has 3 fully saturated rings. The van der Waals surface area contributed by atoms with Crippen molar-refractivity contribution in [3.63, 3.8) is 0 Å². The standard InChI is InChI=1S/C22H29N7O2/c30-20(28-9-11-31-12-10-28)18-5-2-8-29(18)22-25-16-4-1-3-15(16)19(27-22)26-21-23-13-17(24-21)14-6-7-14/h13-14,18H,1-12H2,(H2,23,24,25,26,27)/t18-/m0/s1. The Morgan fingerprint density at radius 3 is 2.81 bits per heavy atom. The number of nitrogens with zero attached hydrogens (tertiary/aromatic N) is 5. The van der Waals surface area contributed by atoms with Crippen LogP contribution in [0.5, 0.6) is 0 Å². The first-order chi connectivity index (χ1) is 15.3. The van der Waals surface area contributed by atoms with E-state index in [0.717, 1.165) is 56.1 Å². The van der Waals surface area contributed by atoms with Gasteiger partial charge in [0.1, 0.15) is 11.9 Å². The van der Waals surface area contributed by atoms with E-state index in [-0.39, 0.29) is 11.9 Å². The number of H-pyrrole nitrogens is 1. The molecular weight excluding hydrogens is 394 g/mol. The van der Waals surface area contributed by atoms with E-state index < -0.39 is 0 Å². The highest BCUT2D eigenvalue weighted by atomic mass is 16.5.